The maximum absolute atomic E-state index is 11.8. The van der Waals surface area contributed by atoms with E-state index in [9.17, 15) is 4.79 Å². The molecule has 2 rings (SSSR count). The number of carbonyl (C=O) groups is 1. The third kappa shape index (κ3) is 2.48. The predicted molar refractivity (Wildman–Crippen MR) is 63.9 cm³/mol. The molecule has 0 aromatic carbocycles. The fourth-order valence-electron chi connectivity index (χ4n) is 2.70. The molecule has 1 heterocycles. The van der Waals surface area contributed by atoms with Gasteiger partial charge in [-0.15, -0.1) is 0 Å². The van der Waals surface area contributed by atoms with E-state index in [4.69, 9.17) is 5.73 Å². The molecule has 15 heavy (non-hydrogen) atoms. The summed E-state index contributed by atoms with van der Waals surface area (Å²) in [4.78, 5) is 13.9. The first-order valence-electron chi connectivity index (χ1n) is 5.86. The molecule has 0 spiro atoms. The van der Waals surface area contributed by atoms with Crippen LogP contribution in [0.25, 0.3) is 0 Å². The fourth-order valence-corrected chi connectivity index (χ4v) is 2.94. The number of carbonyl (C=O) groups excluding carboxylic acids is 1. The van der Waals surface area contributed by atoms with Crippen molar-refractivity contribution in [1.29, 1.82) is 0 Å². The van der Waals surface area contributed by atoms with Crippen molar-refractivity contribution < 1.29 is 4.79 Å². The van der Waals surface area contributed by atoms with Crippen LogP contribution in [-0.2, 0) is 4.79 Å². The van der Waals surface area contributed by atoms with E-state index in [1.165, 1.54) is 0 Å². The van der Waals surface area contributed by atoms with E-state index in [-0.39, 0.29) is 0 Å². The Morgan fingerprint density at radius 1 is 1.33 bits per heavy atom. The Labute approximate surface area is 96.8 Å². The summed E-state index contributed by atoms with van der Waals surface area (Å²) < 4.78 is 0. The molecular weight excluding hydrogens is 208 g/mol. The zero-order chi connectivity index (χ0) is 10.8. The van der Waals surface area contributed by atoms with Crippen molar-refractivity contribution in [1.82, 2.24) is 4.90 Å². The van der Waals surface area contributed by atoms with E-state index >= 15 is 0 Å². The normalized spacial score (nSPS) is 37.3. The molecule has 3 nitrogen and oxygen atoms in total. The highest BCUT2D eigenvalue weighted by molar-refractivity contribution is 7.80. The number of hydrogen-bond acceptors (Lipinski definition) is 3. The maximum Gasteiger partial charge on any atom is 0.223 e. The van der Waals surface area contributed by atoms with Gasteiger partial charge in [0, 0.05) is 25.0 Å². The largest absolute Gasteiger partial charge is 0.339 e. The van der Waals surface area contributed by atoms with Crippen LogP contribution < -0.4 is 5.73 Å². The molecule has 1 saturated carbocycles. The molecule has 1 unspecified atom stereocenters. The topological polar surface area (TPSA) is 46.3 Å². The third-order valence-corrected chi connectivity index (χ3v) is 4.20. The summed E-state index contributed by atoms with van der Waals surface area (Å²) in [6.45, 7) is 0.919. The van der Waals surface area contributed by atoms with Gasteiger partial charge in [0.1, 0.15) is 0 Å². The van der Waals surface area contributed by atoms with E-state index < -0.39 is 0 Å². The van der Waals surface area contributed by atoms with Crippen LogP contribution in [0.5, 0.6) is 0 Å². The first-order chi connectivity index (χ1) is 7.20. The summed E-state index contributed by atoms with van der Waals surface area (Å²) in [7, 11) is 0. The van der Waals surface area contributed by atoms with Crippen molar-refractivity contribution in [2.24, 2.45) is 11.7 Å². The van der Waals surface area contributed by atoms with Crippen LogP contribution >= 0.6 is 12.6 Å². The van der Waals surface area contributed by atoms with Gasteiger partial charge in [-0.05, 0) is 37.4 Å². The Kier molecular flexibility index (Phi) is 3.57. The summed E-state index contributed by atoms with van der Waals surface area (Å²) in [5.41, 5.74) is 5.87. The number of likely N-dealkylation sites (tertiary alicyclic amines) is 1. The van der Waals surface area contributed by atoms with Crippen LogP contribution in [0.2, 0.25) is 0 Å². The smallest absolute Gasteiger partial charge is 0.223 e. The summed E-state index contributed by atoms with van der Waals surface area (Å²) in [6, 6.07) is 0.821. The lowest BCUT2D eigenvalue weighted by Crippen LogP contribution is -2.41. The standard InChI is InChI=1S/C11H20N2OS/c12-9-1-3-10(4-2-9)13-6-8(7-15)5-11(13)14/h8-10,15H,1-7,12H2. The molecule has 1 amide bonds. The average molecular weight is 228 g/mol. The highest BCUT2D eigenvalue weighted by Crippen LogP contribution is 2.28. The first-order valence-corrected chi connectivity index (χ1v) is 6.50. The second-order valence-corrected chi connectivity index (χ2v) is 5.23. The SMILES string of the molecule is NC1CCC(N2CC(CS)CC2=O)CC1. The first kappa shape index (κ1) is 11.3. The van der Waals surface area contributed by atoms with Gasteiger partial charge in [-0.3, -0.25) is 4.79 Å². The molecule has 1 saturated heterocycles. The minimum atomic E-state index is 0.328. The van der Waals surface area contributed by atoms with E-state index in [1.807, 2.05) is 0 Å². The van der Waals surface area contributed by atoms with Crippen molar-refractivity contribution >= 4 is 18.5 Å². The minimum absolute atomic E-state index is 0.328. The van der Waals surface area contributed by atoms with Gasteiger partial charge in [0.15, 0.2) is 0 Å². The Hall–Kier alpha value is -0.220. The third-order valence-electron chi connectivity index (χ3n) is 3.68. The van der Waals surface area contributed by atoms with Gasteiger partial charge in [-0.1, -0.05) is 0 Å². The zero-order valence-electron chi connectivity index (χ0n) is 9.06. The van der Waals surface area contributed by atoms with Crippen LogP contribution in [0.4, 0.5) is 0 Å². The molecule has 0 aromatic rings. The van der Waals surface area contributed by atoms with Gasteiger partial charge in [-0.25, -0.2) is 0 Å². The molecule has 2 fully saturated rings. The zero-order valence-corrected chi connectivity index (χ0v) is 9.96. The number of nitrogens with two attached hydrogens (primary N) is 1. The molecule has 1 atom stereocenters. The minimum Gasteiger partial charge on any atom is -0.339 e. The Morgan fingerprint density at radius 2 is 2.00 bits per heavy atom. The number of amides is 1. The van der Waals surface area contributed by atoms with Crippen LogP contribution in [0.15, 0.2) is 0 Å². The van der Waals surface area contributed by atoms with Gasteiger partial charge in [0.2, 0.25) is 5.91 Å². The molecule has 2 aliphatic rings. The fraction of sp³-hybridized carbons (Fsp3) is 0.909. The van der Waals surface area contributed by atoms with Gasteiger partial charge in [0.05, 0.1) is 0 Å². The summed E-state index contributed by atoms with van der Waals surface area (Å²) in [5, 5.41) is 0. The molecule has 0 bridgehead atoms. The van der Waals surface area contributed by atoms with Crippen molar-refractivity contribution in [2.45, 2.75) is 44.2 Å². The van der Waals surface area contributed by atoms with Crippen LogP contribution in [0, 0.1) is 5.92 Å². The molecule has 2 N–H and O–H groups in total. The van der Waals surface area contributed by atoms with Crippen LogP contribution in [-0.4, -0.2) is 35.2 Å². The molecule has 4 heteroatoms. The lowest BCUT2D eigenvalue weighted by Gasteiger charge is -2.33. The van der Waals surface area contributed by atoms with Crippen molar-refractivity contribution in [3.05, 3.63) is 0 Å². The van der Waals surface area contributed by atoms with Crippen molar-refractivity contribution in [2.75, 3.05) is 12.3 Å². The van der Waals surface area contributed by atoms with Gasteiger partial charge < -0.3 is 10.6 Å². The Balaban J connectivity index is 1.91. The number of nitrogens with zero attached hydrogens (tertiary/aromatic N) is 1. The molecule has 0 radical (unpaired) electrons. The van der Waals surface area contributed by atoms with Crippen LogP contribution in [0.1, 0.15) is 32.1 Å². The highest BCUT2D eigenvalue weighted by Gasteiger charge is 2.34. The van der Waals surface area contributed by atoms with Crippen molar-refractivity contribution in [3.8, 4) is 0 Å². The lowest BCUT2D eigenvalue weighted by molar-refractivity contribution is -0.130. The Bertz CT molecular complexity index is 239. The number of rotatable bonds is 2. The molecular formula is C11H20N2OS. The molecule has 1 aliphatic carbocycles. The van der Waals surface area contributed by atoms with Crippen molar-refractivity contribution in [3.63, 3.8) is 0 Å². The van der Waals surface area contributed by atoms with Gasteiger partial charge in [-0.2, -0.15) is 12.6 Å². The summed E-state index contributed by atoms with van der Waals surface area (Å²) >= 11 is 4.28. The second kappa shape index (κ2) is 4.74. The molecule has 0 aromatic heterocycles. The van der Waals surface area contributed by atoms with E-state index in [2.05, 4.69) is 17.5 Å². The highest BCUT2D eigenvalue weighted by atomic mass is 32.1. The van der Waals surface area contributed by atoms with E-state index in [0.717, 1.165) is 38.0 Å². The quantitative estimate of drug-likeness (QED) is 0.694. The van der Waals surface area contributed by atoms with E-state index in [1.54, 1.807) is 0 Å². The van der Waals surface area contributed by atoms with Crippen LogP contribution in [0.3, 0.4) is 0 Å². The summed E-state index contributed by atoms with van der Waals surface area (Å²) in [5.74, 6) is 1.63. The summed E-state index contributed by atoms with van der Waals surface area (Å²) in [6.07, 6.45) is 5.02. The molecule has 86 valence electrons. The van der Waals surface area contributed by atoms with Gasteiger partial charge >= 0.3 is 0 Å². The Morgan fingerprint density at radius 3 is 2.53 bits per heavy atom. The number of hydrogen-bond donors (Lipinski definition) is 2. The second-order valence-electron chi connectivity index (χ2n) is 4.87. The monoisotopic (exact) mass is 228 g/mol. The average Bonchev–Trinajstić information content (AvgIpc) is 2.61. The van der Waals surface area contributed by atoms with Gasteiger partial charge in [0.25, 0.3) is 0 Å². The van der Waals surface area contributed by atoms with E-state index in [0.29, 0.717) is 30.3 Å². The lowest BCUT2D eigenvalue weighted by atomic mass is 9.91. The molecule has 1 aliphatic heterocycles. The maximum atomic E-state index is 11.8. The number of thiol groups is 1. The predicted octanol–water partition coefficient (Wildman–Crippen LogP) is 1.03.